The number of likely N-dealkylation sites (N-methyl/N-ethyl adjacent to an activating group) is 1. The Morgan fingerprint density at radius 2 is 2.33 bits per heavy atom. The summed E-state index contributed by atoms with van der Waals surface area (Å²) in [6, 6.07) is 4.66. The summed E-state index contributed by atoms with van der Waals surface area (Å²) in [7, 11) is 1.86. The Kier molecular flexibility index (Phi) is 2.65. The maximum Gasteiger partial charge on any atom is 0.191 e. The molecule has 2 N–H and O–H groups in total. The average Bonchev–Trinajstić information content (AvgIpc) is 2.52. The van der Waals surface area contributed by atoms with Crippen molar-refractivity contribution in [3.05, 3.63) is 34.1 Å². The molecule has 0 spiro atoms. The standard InChI is InChI=1S/C10H11BrFN3/c1-15-9(5-14-10(15)13)7-4-6(12)2-3-8(7)11/h2-4,9H,5H2,1H3,(H2,13,14). The Hall–Kier alpha value is -1.10. The van der Waals surface area contributed by atoms with Gasteiger partial charge in [0.2, 0.25) is 0 Å². The Labute approximate surface area is 95.9 Å². The number of halogens is 2. The molecule has 80 valence electrons. The molecule has 1 aromatic carbocycles. The van der Waals surface area contributed by atoms with Crippen LogP contribution >= 0.6 is 15.9 Å². The van der Waals surface area contributed by atoms with Crippen LogP contribution in [-0.4, -0.2) is 24.5 Å². The molecule has 1 aliphatic rings. The van der Waals surface area contributed by atoms with Gasteiger partial charge >= 0.3 is 0 Å². The van der Waals surface area contributed by atoms with Crippen LogP contribution in [0, 0.1) is 5.82 Å². The molecule has 1 unspecified atom stereocenters. The van der Waals surface area contributed by atoms with Crippen LogP contribution in [0.4, 0.5) is 4.39 Å². The fourth-order valence-electron chi connectivity index (χ4n) is 1.65. The van der Waals surface area contributed by atoms with E-state index < -0.39 is 0 Å². The minimum absolute atomic E-state index is 0.0232. The molecule has 0 saturated heterocycles. The van der Waals surface area contributed by atoms with Gasteiger partial charge < -0.3 is 10.6 Å². The Morgan fingerprint density at radius 3 is 2.93 bits per heavy atom. The summed E-state index contributed by atoms with van der Waals surface area (Å²) >= 11 is 3.40. The van der Waals surface area contributed by atoms with Crippen molar-refractivity contribution in [1.82, 2.24) is 4.90 Å². The topological polar surface area (TPSA) is 41.6 Å². The molecule has 0 saturated carbocycles. The fraction of sp³-hybridized carbons (Fsp3) is 0.300. The van der Waals surface area contributed by atoms with Crippen molar-refractivity contribution in [1.29, 1.82) is 0 Å². The third-order valence-corrected chi connectivity index (χ3v) is 3.29. The summed E-state index contributed by atoms with van der Waals surface area (Å²) in [5.74, 6) is 0.253. The fourth-order valence-corrected chi connectivity index (χ4v) is 2.16. The zero-order chi connectivity index (χ0) is 11.0. The van der Waals surface area contributed by atoms with E-state index in [1.807, 2.05) is 11.9 Å². The first-order valence-electron chi connectivity index (χ1n) is 4.57. The second-order valence-electron chi connectivity index (χ2n) is 3.49. The molecule has 0 fully saturated rings. The highest BCUT2D eigenvalue weighted by molar-refractivity contribution is 9.10. The van der Waals surface area contributed by atoms with Crippen LogP contribution < -0.4 is 5.73 Å². The normalized spacial score (nSPS) is 20.6. The van der Waals surface area contributed by atoms with Crippen LogP contribution in [0.2, 0.25) is 0 Å². The molecule has 5 heteroatoms. The van der Waals surface area contributed by atoms with Crippen molar-refractivity contribution in [3.8, 4) is 0 Å². The molecule has 1 aliphatic heterocycles. The van der Waals surface area contributed by atoms with Gasteiger partial charge in [-0.1, -0.05) is 15.9 Å². The molecule has 1 atom stereocenters. The zero-order valence-electron chi connectivity index (χ0n) is 8.24. The number of benzene rings is 1. The molecule has 0 amide bonds. The SMILES string of the molecule is CN1C(N)=NCC1c1cc(F)ccc1Br. The number of guanidine groups is 1. The third-order valence-electron chi connectivity index (χ3n) is 2.57. The van der Waals surface area contributed by atoms with E-state index in [4.69, 9.17) is 5.73 Å². The molecule has 1 aromatic rings. The summed E-state index contributed by atoms with van der Waals surface area (Å²) in [4.78, 5) is 5.97. The van der Waals surface area contributed by atoms with Crippen molar-refractivity contribution in [3.63, 3.8) is 0 Å². The van der Waals surface area contributed by atoms with E-state index in [1.54, 1.807) is 6.07 Å². The lowest BCUT2D eigenvalue weighted by molar-refractivity contribution is 0.411. The number of hydrogen-bond donors (Lipinski definition) is 1. The van der Waals surface area contributed by atoms with E-state index in [9.17, 15) is 4.39 Å². The summed E-state index contributed by atoms with van der Waals surface area (Å²) in [5.41, 5.74) is 6.54. The second-order valence-corrected chi connectivity index (χ2v) is 4.35. The smallest absolute Gasteiger partial charge is 0.191 e. The molecule has 3 nitrogen and oxygen atoms in total. The van der Waals surface area contributed by atoms with Gasteiger partial charge in [0, 0.05) is 11.5 Å². The number of hydrogen-bond acceptors (Lipinski definition) is 3. The van der Waals surface area contributed by atoms with Gasteiger partial charge in [-0.05, 0) is 23.8 Å². The monoisotopic (exact) mass is 271 g/mol. The molecular weight excluding hydrogens is 261 g/mol. The summed E-state index contributed by atoms with van der Waals surface area (Å²) < 4.78 is 14.0. The predicted molar refractivity (Wildman–Crippen MR) is 61.1 cm³/mol. The molecule has 0 bridgehead atoms. The molecule has 0 radical (unpaired) electrons. The van der Waals surface area contributed by atoms with Crippen molar-refractivity contribution < 1.29 is 4.39 Å². The largest absolute Gasteiger partial charge is 0.370 e. The van der Waals surface area contributed by atoms with Crippen LogP contribution in [0.1, 0.15) is 11.6 Å². The van der Waals surface area contributed by atoms with E-state index in [0.29, 0.717) is 12.5 Å². The third kappa shape index (κ3) is 1.84. The second kappa shape index (κ2) is 3.81. The van der Waals surface area contributed by atoms with Crippen LogP contribution in [0.3, 0.4) is 0 Å². The van der Waals surface area contributed by atoms with E-state index >= 15 is 0 Å². The van der Waals surface area contributed by atoms with Gasteiger partial charge in [0.1, 0.15) is 5.82 Å². The highest BCUT2D eigenvalue weighted by atomic mass is 79.9. The maximum absolute atomic E-state index is 13.1. The van der Waals surface area contributed by atoms with E-state index in [-0.39, 0.29) is 11.9 Å². The summed E-state index contributed by atoms with van der Waals surface area (Å²) in [6.07, 6.45) is 0. The zero-order valence-corrected chi connectivity index (χ0v) is 9.83. The van der Waals surface area contributed by atoms with Gasteiger partial charge in [-0.15, -0.1) is 0 Å². The van der Waals surface area contributed by atoms with Gasteiger partial charge in [-0.25, -0.2) is 4.39 Å². The number of rotatable bonds is 1. The average molecular weight is 272 g/mol. The quantitative estimate of drug-likeness (QED) is 0.848. The molecule has 0 aliphatic carbocycles. The van der Waals surface area contributed by atoms with Crippen LogP contribution in [0.5, 0.6) is 0 Å². The van der Waals surface area contributed by atoms with Gasteiger partial charge in [0.25, 0.3) is 0 Å². The summed E-state index contributed by atoms with van der Waals surface area (Å²) in [5, 5.41) is 0. The van der Waals surface area contributed by atoms with Crippen molar-refractivity contribution in [2.24, 2.45) is 10.7 Å². The molecule has 0 aromatic heterocycles. The first-order valence-corrected chi connectivity index (χ1v) is 5.36. The van der Waals surface area contributed by atoms with Crippen molar-refractivity contribution in [2.45, 2.75) is 6.04 Å². The Balaban J connectivity index is 2.35. The summed E-state index contributed by atoms with van der Waals surface area (Å²) in [6.45, 7) is 0.574. The molecule has 15 heavy (non-hydrogen) atoms. The lowest BCUT2D eigenvalue weighted by Gasteiger charge is -2.22. The number of nitrogens with zero attached hydrogens (tertiary/aromatic N) is 2. The minimum atomic E-state index is -0.243. The van der Waals surface area contributed by atoms with E-state index in [1.165, 1.54) is 12.1 Å². The molecule has 1 heterocycles. The highest BCUT2D eigenvalue weighted by Gasteiger charge is 2.25. The highest BCUT2D eigenvalue weighted by Crippen LogP contribution is 2.30. The lowest BCUT2D eigenvalue weighted by Crippen LogP contribution is -2.32. The van der Waals surface area contributed by atoms with Crippen LogP contribution in [0.15, 0.2) is 27.7 Å². The van der Waals surface area contributed by atoms with Gasteiger partial charge in [-0.2, -0.15) is 0 Å². The van der Waals surface area contributed by atoms with Crippen molar-refractivity contribution in [2.75, 3.05) is 13.6 Å². The van der Waals surface area contributed by atoms with Gasteiger partial charge in [0.15, 0.2) is 5.96 Å². The maximum atomic E-state index is 13.1. The Bertz CT molecular complexity index is 419. The first kappa shape index (κ1) is 10.4. The van der Waals surface area contributed by atoms with Crippen molar-refractivity contribution >= 4 is 21.9 Å². The predicted octanol–water partition coefficient (Wildman–Crippen LogP) is 1.89. The van der Waals surface area contributed by atoms with Gasteiger partial charge in [0.05, 0.1) is 12.6 Å². The minimum Gasteiger partial charge on any atom is -0.370 e. The first-order chi connectivity index (χ1) is 7.09. The van der Waals surface area contributed by atoms with Crippen LogP contribution in [-0.2, 0) is 0 Å². The lowest BCUT2D eigenvalue weighted by atomic mass is 10.1. The number of aliphatic imine (C=N–C) groups is 1. The van der Waals surface area contributed by atoms with E-state index in [0.717, 1.165) is 10.0 Å². The van der Waals surface area contributed by atoms with E-state index in [2.05, 4.69) is 20.9 Å². The van der Waals surface area contributed by atoms with Crippen LogP contribution in [0.25, 0.3) is 0 Å². The molecule has 2 rings (SSSR count). The van der Waals surface area contributed by atoms with Gasteiger partial charge in [-0.3, -0.25) is 4.99 Å². The molecular formula is C10H11BrFN3. The number of nitrogens with two attached hydrogens (primary N) is 1. The Morgan fingerprint density at radius 1 is 1.60 bits per heavy atom.